The summed E-state index contributed by atoms with van der Waals surface area (Å²) in [7, 11) is 0. The van der Waals surface area contributed by atoms with E-state index in [2.05, 4.69) is 254 Å². The lowest BCUT2D eigenvalue weighted by atomic mass is 9.35. The van der Waals surface area contributed by atoms with Crippen LogP contribution in [0.1, 0.15) is 192 Å². The Morgan fingerprint density at radius 2 is 0.907 bits per heavy atom. The first kappa shape index (κ1) is 52.3. The predicted octanol–water partition coefficient (Wildman–Crippen LogP) is 20.2. The second-order valence-corrected chi connectivity index (χ2v) is 33.3. The fraction of sp³-hybridized carbons (Fsp3) is 0.383. The average molecular weight is 1140 g/mol. The van der Waals surface area contributed by atoms with Crippen LogP contribution in [0.25, 0.3) is 48.7 Å². The predicted molar refractivity (Wildman–Crippen MR) is 368 cm³/mol. The summed E-state index contributed by atoms with van der Waals surface area (Å²) in [5.74, 6) is 1.32. The fourth-order valence-electron chi connectivity index (χ4n) is 19.9. The van der Waals surface area contributed by atoms with Crippen LogP contribution in [0, 0.1) is 11.8 Å². The molecule has 2 aromatic heterocycles. The van der Waals surface area contributed by atoms with E-state index in [0.29, 0.717) is 11.8 Å². The molecule has 0 amide bonds. The number of aromatic nitrogens is 1. The number of nitrogens with zero attached hydrogens (tertiary/aromatic N) is 3. The standard InChI is InChI=1S/C81H82BN3S/c1-75(2)34-35-76(3,4)58-40-49(32-33-56(58)75)83-67-45-61-60(78(7,8)37-38-79(61,9)10)44-63(67)82-72-68(83)41-50(84-64-25-17-14-20-51(64)52-21-15-18-26-65(52)84)42-69(72)85(73-54-43-59-62(46-70(54)86-74(73)82)80(11,12)39-36-77(59,5)6)66-27-19-24-57-71(66)53-22-13-16-23-55(53)81(57)47-28-29-48(81)31-30-47/h13-27,32-33,40-48H,28-31,34-39H2,1-12H3. The summed E-state index contributed by atoms with van der Waals surface area (Å²) in [6, 6.07) is 59.7. The number of hydrogen-bond acceptors (Lipinski definition) is 3. The number of thiophene rings is 1. The molecule has 0 N–H and O–H groups in total. The SMILES string of the molecule is CC1(C)CCC(C)(C)c2cc(N3c4cc5c(cc4B4c6sc7cc8c(cc7c6N(c6cccc7c6-c6ccccc6C76C7CCC6CC7)c6cc(-n7c9ccccc9c9ccccc97)cc3c64)C(C)(C)CCC8(C)C)C(C)(C)CCC5(C)C)ccc21. The monoisotopic (exact) mass is 1140 g/mol. The Labute approximate surface area is 514 Å². The van der Waals surface area contributed by atoms with Crippen molar-refractivity contribution in [3.05, 3.63) is 190 Å². The molecule has 8 aromatic carbocycles. The minimum absolute atomic E-state index is 0.00856. The van der Waals surface area contributed by atoms with Gasteiger partial charge in [0.05, 0.1) is 28.1 Å². The maximum absolute atomic E-state index is 2.90. The lowest BCUT2D eigenvalue weighted by Gasteiger charge is -2.47. The van der Waals surface area contributed by atoms with Gasteiger partial charge in [-0.15, -0.1) is 11.3 Å². The minimum atomic E-state index is -0.0136. The van der Waals surface area contributed by atoms with Gasteiger partial charge in [-0.25, -0.2) is 0 Å². The topological polar surface area (TPSA) is 11.4 Å². The molecule has 5 heteroatoms. The van der Waals surface area contributed by atoms with Crippen LogP contribution in [0.2, 0.25) is 0 Å². The average Bonchev–Trinajstić information content (AvgIpc) is 1.46. The molecule has 8 aliphatic rings. The lowest BCUT2D eigenvalue weighted by Crippen LogP contribution is -2.61. The van der Waals surface area contributed by atoms with Crippen LogP contribution < -0.4 is 25.5 Å². The van der Waals surface area contributed by atoms with Gasteiger partial charge in [0.25, 0.3) is 6.71 Å². The zero-order valence-corrected chi connectivity index (χ0v) is 53.7. The first-order valence-electron chi connectivity index (χ1n) is 33.0. The molecule has 10 aromatic rings. The Bertz CT molecular complexity index is 4590. The van der Waals surface area contributed by atoms with E-state index in [0.717, 1.165) is 6.42 Å². The molecule has 86 heavy (non-hydrogen) atoms. The molecule has 3 nitrogen and oxygen atoms in total. The molecule has 430 valence electrons. The van der Waals surface area contributed by atoms with Gasteiger partial charge in [0, 0.05) is 59.4 Å². The molecule has 0 radical (unpaired) electrons. The third-order valence-electron chi connectivity index (χ3n) is 24.9. The zero-order valence-electron chi connectivity index (χ0n) is 52.9. The van der Waals surface area contributed by atoms with Gasteiger partial charge in [-0.3, -0.25) is 0 Å². The number of benzene rings is 8. The normalized spacial score (nSPS) is 23.9. The number of fused-ring (bicyclic) bond motifs is 15. The van der Waals surface area contributed by atoms with E-state index in [1.807, 2.05) is 0 Å². The maximum Gasteiger partial charge on any atom is 0.264 e. The molecule has 2 fully saturated rings. The van der Waals surface area contributed by atoms with Crippen molar-refractivity contribution in [2.45, 2.75) is 185 Å². The van der Waals surface area contributed by atoms with Crippen LogP contribution in [-0.2, 0) is 37.9 Å². The number of anilines is 6. The van der Waals surface area contributed by atoms with Crippen LogP contribution in [-0.4, -0.2) is 11.3 Å². The van der Waals surface area contributed by atoms with Crippen molar-refractivity contribution in [1.29, 1.82) is 0 Å². The maximum atomic E-state index is 2.90. The molecule has 6 aliphatic carbocycles. The van der Waals surface area contributed by atoms with Crippen molar-refractivity contribution in [2.24, 2.45) is 11.8 Å². The second kappa shape index (κ2) is 16.9. The third-order valence-corrected chi connectivity index (χ3v) is 26.1. The van der Waals surface area contributed by atoms with Gasteiger partial charge in [0.2, 0.25) is 0 Å². The van der Waals surface area contributed by atoms with Crippen LogP contribution in [0.5, 0.6) is 0 Å². The highest BCUT2D eigenvalue weighted by Crippen LogP contribution is 2.70. The highest BCUT2D eigenvalue weighted by molar-refractivity contribution is 7.33. The summed E-state index contributed by atoms with van der Waals surface area (Å²) in [4.78, 5) is 5.70. The smallest absolute Gasteiger partial charge is 0.264 e. The zero-order chi connectivity index (χ0) is 58.7. The molecular weight excluding hydrogens is 1060 g/mol. The first-order valence-corrected chi connectivity index (χ1v) is 33.9. The highest BCUT2D eigenvalue weighted by Gasteiger charge is 2.61. The highest BCUT2D eigenvalue weighted by atomic mass is 32.1. The van der Waals surface area contributed by atoms with E-state index in [1.165, 1.54) is 184 Å². The summed E-state index contributed by atoms with van der Waals surface area (Å²) >= 11 is 2.12. The van der Waals surface area contributed by atoms with Gasteiger partial charge in [-0.1, -0.05) is 168 Å². The van der Waals surface area contributed by atoms with Crippen molar-refractivity contribution in [3.63, 3.8) is 0 Å². The first-order chi connectivity index (χ1) is 41.1. The molecule has 2 saturated carbocycles. The third kappa shape index (κ3) is 6.62. The molecule has 1 spiro atoms. The van der Waals surface area contributed by atoms with E-state index < -0.39 is 0 Å². The number of para-hydroxylation sites is 2. The summed E-state index contributed by atoms with van der Waals surface area (Å²) in [6.07, 6.45) is 12.3. The van der Waals surface area contributed by atoms with Gasteiger partial charge in [-0.2, -0.15) is 0 Å². The van der Waals surface area contributed by atoms with Crippen molar-refractivity contribution < 1.29 is 0 Å². The number of rotatable bonds is 3. The van der Waals surface area contributed by atoms with Crippen molar-refractivity contribution in [3.8, 4) is 16.8 Å². The molecule has 18 rings (SSSR count). The fourth-order valence-corrected chi connectivity index (χ4v) is 21.3. The minimum Gasteiger partial charge on any atom is -0.311 e. The van der Waals surface area contributed by atoms with Crippen LogP contribution >= 0.6 is 11.3 Å². The van der Waals surface area contributed by atoms with Gasteiger partial charge in [0.1, 0.15) is 0 Å². The molecule has 2 bridgehead atoms. The molecule has 0 saturated heterocycles. The van der Waals surface area contributed by atoms with E-state index in [-0.39, 0.29) is 44.6 Å². The van der Waals surface area contributed by atoms with E-state index >= 15 is 0 Å². The van der Waals surface area contributed by atoms with Gasteiger partial charge >= 0.3 is 0 Å². The Balaban J connectivity index is 1.03. The van der Waals surface area contributed by atoms with Gasteiger partial charge < -0.3 is 14.4 Å². The van der Waals surface area contributed by atoms with Crippen LogP contribution in [0.4, 0.5) is 34.1 Å². The largest absolute Gasteiger partial charge is 0.311 e. The Morgan fingerprint density at radius 3 is 1.53 bits per heavy atom. The van der Waals surface area contributed by atoms with Gasteiger partial charge in [0.15, 0.2) is 0 Å². The summed E-state index contributed by atoms with van der Waals surface area (Å²) < 4.78 is 5.53. The molecule has 4 heterocycles. The lowest BCUT2D eigenvalue weighted by molar-refractivity contribution is 0.332. The Hall–Kier alpha value is -6.82. The van der Waals surface area contributed by atoms with Crippen molar-refractivity contribution >= 4 is 99.8 Å². The number of hydrogen-bond donors (Lipinski definition) is 0. The van der Waals surface area contributed by atoms with Crippen molar-refractivity contribution in [1.82, 2.24) is 4.57 Å². The van der Waals surface area contributed by atoms with E-state index in [9.17, 15) is 0 Å². The molecule has 0 unspecified atom stereocenters. The van der Waals surface area contributed by atoms with E-state index in [1.54, 1.807) is 16.7 Å². The molecular formula is C81H82BN3S. The Kier molecular flexibility index (Phi) is 10.3. The van der Waals surface area contributed by atoms with Gasteiger partial charge in [-0.05, 0) is 230 Å². The van der Waals surface area contributed by atoms with Crippen LogP contribution in [0.3, 0.4) is 0 Å². The quantitative estimate of drug-likeness (QED) is 0.163. The van der Waals surface area contributed by atoms with Crippen molar-refractivity contribution in [2.75, 3.05) is 9.80 Å². The summed E-state index contributed by atoms with van der Waals surface area (Å²) in [5.41, 5.74) is 30.0. The van der Waals surface area contributed by atoms with Crippen LogP contribution in [0.15, 0.2) is 146 Å². The molecule has 0 atom stereocenters. The second-order valence-electron chi connectivity index (χ2n) is 32.2. The summed E-state index contributed by atoms with van der Waals surface area (Å²) in [5, 5.41) is 3.99. The van der Waals surface area contributed by atoms with E-state index in [4.69, 9.17) is 0 Å². The Morgan fingerprint density at radius 1 is 0.395 bits per heavy atom. The molecule has 2 aliphatic heterocycles. The summed E-state index contributed by atoms with van der Waals surface area (Å²) in [6.45, 7) is 30.2.